The molecule has 1 atom stereocenters. The van der Waals surface area contributed by atoms with Crippen molar-refractivity contribution in [3.63, 3.8) is 0 Å². The van der Waals surface area contributed by atoms with Gasteiger partial charge in [-0.05, 0) is 51.2 Å². The summed E-state index contributed by atoms with van der Waals surface area (Å²) in [6.07, 6.45) is 2.71. The highest BCUT2D eigenvalue weighted by atomic mass is 35.5. The summed E-state index contributed by atoms with van der Waals surface area (Å²) in [5.41, 5.74) is 1.48. The summed E-state index contributed by atoms with van der Waals surface area (Å²) in [5.74, 6) is 0.825. The van der Waals surface area contributed by atoms with Gasteiger partial charge in [0.1, 0.15) is 0 Å². The maximum atomic E-state index is 6.38. The second kappa shape index (κ2) is 5.42. The van der Waals surface area contributed by atoms with E-state index in [0.717, 1.165) is 31.1 Å². The molecule has 0 bridgehead atoms. The van der Waals surface area contributed by atoms with E-state index in [2.05, 4.69) is 37.1 Å². The minimum Gasteiger partial charge on any atom is -0.308 e. The van der Waals surface area contributed by atoms with E-state index in [0.29, 0.717) is 10.0 Å². The van der Waals surface area contributed by atoms with E-state index >= 15 is 0 Å². The van der Waals surface area contributed by atoms with Gasteiger partial charge in [-0.2, -0.15) is 0 Å². The molecule has 3 rings (SSSR count). The molecule has 0 amide bonds. The number of hydrogen-bond donors (Lipinski definition) is 1. The maximum Gasteiger partial charge on any atom is 0.0637 e. The molecule has 1 heterocycles. The molecular formula is C17H24Cl2N2. The lowest BCUT2D eigenvalue weighted by atomic mass is 9.86. The Hall–Kier alpha value is -0.280. The van der Waals surface area contributed by atoms with Crippen LogP contribution in [0.4, 0.5) is 0 Å². The van der Waals surface area contributed by atoms with Crippen LogP contribution in [-0.4, -0.2) is 29.1 Å². The van der Waals surface area contributed by atoms with Crippen LogP contribution in [0.2, 0.25) is 10.0 Å². The number of nitrogens with one attached hydrogen (secondary N) is 1. The van der Waals surface area contributed by atoms with E-state index in [1.165, 1.54) is 12.8 Å². The van der Waals surface area contributed by atoms with Gasteiger partial charge < -0.3 is 5.32 Å². The molecule has 1 saturated carbocycles. The summed E-state index contributed by atoms with van der Waals surface area (Å²) >= 11 is 12.5. The molecule has 1 N–H and O–H groups in total. The van der Waals surface area contributed by atoms with E-state index in [1.54, 1.807) is 0 Å². The zero-order chi connectivity index (χ0) is 15.3. The first-order valence-corrected chi connectivity index (χ1v) is 8.50. The van der Waals surface area contributed by atoms with Crippen molar-refractivity contribution in [2.75, 3.05) is 13.1 Å². The standard InChI is InChI=1S/C17H24Cl2N2/c1-16(2)10-20-17(3,13-7-8-13)11-21(16)9-12-5-4-6-14(18)15(12)19/h4-6,13,20H,7-11H2,1-3H3. The van der Waals surface area contributed by atoms with Crippen molar-refractivity contribution in [3.05, 3.63) is 33.8 Å². The van der Waals surface area contributed by atoms with Crippen molar-refractivity contribution in [1.82, 2.24) is 10.2 Å². The van der Waals surface area contributed by atoms with Gasteiger partial charge in [0, 0.05) is 30.7 Å². The van der Waals surface area contributed by atoms with E-state index < -0.39 is 0 Å². The molecule has 1 aliphatic carbocycles. The average molecular weight is 327 g/mol. The first kappa shape index (κ1) is 15.6. The second-order valence-electron chi connectivity index (χ2n) is 7.43. The van der Waals surface area contributed by atoms with Crippen LogP contribution in [0.25, 0.3) is 0 Å². The van der Waals surface area contributed by atoms with Crippen molar-refractivity contribution in [1.29, 1.82) is 0 Å². The average Bonchev–Trinajstić information content (AvgIpc) is 3.25. The van der Waals surface area contributed by atoms with Crippen LogP contribution in [0.1, 0.15) is 39.2 Å². The van der Waals surface area contributed by atoms with Gasteiger partial charge in [0.2, 0.25) is 0 Å². The number of piperazine rings is 1. The zero-order valence-corrected chi connectivity index (χ0v) is 14.6. The number of benzene rings is 1. The van der Waals surface area contributed by atoms with Gasteiger partial charge in [-0.15, -0.1) is 0 Å². The number of hydrogen-bond acceptors (Lipinski definition) is 2. The van der Waals surface area contributed by atoms with Crippen LogP contribution >= 0.6 is 23.2 Å². The lowest BCUT2D eigenvalue weighted by molar-refractivity contribution is 0.0178. The third-order valence-corrected chi connectivity index (χ3v) is 6.03. The second-order valence-corrected chi connectivity index (χ2v) is 8.21. The summed E-state index contributed by atoms with van der Waals surface area (Å²) in [6.45, 7) is 9.89. The van der Waals surface area contributed by atoms with Gasteiger partial charge >= 0.3 is 0 Å². The molecule has 2 nitrogen and oxygen atoms in total. The molecule has 4 heteroatoms. The minimum absolute atomic E-state index is 0.125. The maximum absolute atomic E-state index is 6.38. The van der Waals surface area contributed by atoms with Crippen molar-refractivity contribution in [2.24, 2.45) is 5.92 Å². The summed E-state index contributed by atoms with van der Waals surface area (Å²) < 4.78 is 0. The van der Waals surface area contributed by atoms with Gasteiger partial charge in [-0.3, -0.25) is 4.90 Å². The quantitative estimate of drug-likeness (QED) is 0.888. The molecule has 0 aromatic heterocycles. The number of nitrogens with zero attached hydrogens (tertiary/aromatic N) is 1. The lowest BCUT2D eigenvalue weighted by Gasteiger charge is -2.51. The smallest absolute Gasteiger partial charge is 0.0637 e. The first-order chi connectivity index (χ1) is 9.82. The van der Waals surface area contributed by atoms with E-state index in [-0.39, 0.29) is 11.1 Å². The number of rotatable bonds is 3. The van der Waals surface area contributed by atoms with Crippen molar-refractivity contribution in [2.45, 2.75) is 51.2 Å². The molecule has 2 aliphatic rings. The Morgan fingerprint density at radius 1 is 1.24 bits per heavy atom. The van der Waals surface area contributed by atoms with Gasteiger partial charge in [0.05, 0.1) is 10.0 Å². The Morgan fingerprint density at radius 2 is 1.95 bits per heavy atom. The fourth-order valence-electron chi connectivity index (χ4n) is 3.34. The van der Waals surface area contributed by atoms with Crippen molar-refractivity contribution in [3.8, 4) is 0 Å². The first-order valence-electron chi connectivity index (χ1n) is 7.75. The van der Waals surface area contributed by atoms with Gasteiger partial charge in [-0.1, -0.05) is 35.3 Å². The third-order valence-electron chi connectivity index (χ3n) is 5.17. The Labute approximate surface area is 137 Å². The predicted octanol–water partition coefficient (Wildman–Crippen LogP) is 4.35. The highest BCUT2D eigenvalue weighted by Crippen LogP contribution is 2.43. The zero-order valence-electron chi connectivity index (χ0n) is 13.0. The summed E-state index contributed by atoms with van der Waals surface area (Å²) in [5, 5.41) is 5.13. The van der Waals surface area contributed by atoms with Crippen LogP contribution in [0, 0.1) is 5.92 Å². The lowest BCUT2D eigenvalue weighted by Crippen LogP contribution is -2.67. The molecule has 0 radical (unpaired) electrons. The van der Waals surface area contributed by atoms with Gasteiger partial charge in [-0.25, -0.2) is 0 Å². The molecule has 1 aromatic rings. The van der Waals surface area contributed by atoms with Crippen molar-refractivity contribution >= 4 is 23.2 Å². The molecule has 1 unspecified atom stereocenters. The van der Waals surface area contributed by atoms with E-state index in [9.17, 15) is 0 Å². The number of halogens is 2. The Bertz CT molecular complexity index is 540. The summed E-state index contributed by atoms with van der Waals surface area (Å²) in [4.78, 5) is 2.55. The van der Waals surface area contributed by atoms with Crippen molar-refractivity contribution < 1.29 is 0 Å². The normalized spacial score (nSPS) is 29.6. The Kier molecular flexibility index (Phi) is 4.03. The Morgan fingerprint density at radius 3 is 2.62 bits per heavy atom. The van der Waals surface area contributed by atoms with Crippen LogP contribution in [0.5, 0.6) is 0 Å². The molecule has 21 heavy (non-hydrogen) atoms. The van der Waals surface area contributed by atoms with Crippen LogP contribution in [0.15, 0.2) is 18.2 Å². The minimum atomic E-state index is 0.125. The topological polar surface area (TPSA) is 15.3 Å². The SMILES string of the molecule is CC1(C2CC2)CN(Cc2cccc(Cl)c2Cl)C(C)(C)CN1. The van der Waals surface area contributed by atoms with Crippen LogP contribution < -0.4 is 5.32 Å². The largest absolute Gasteiger partial charge is 0.308 e. The van der Waals surface area contributed by atoms with Gasteiger partial charge in [0.15, 0.2) is 0 Å². The van der Waals surface area contributed by atoms with Gasteiger partial charge in [0.25, 0.3) is 0 Å². The predicted molar refractivity (Wildman–Crippen MR) is 90.1 cm³/mol. The summed E-state index contributed by atoms with van der Waals surface area (Å²) in [6, 6.07) is 5.92. The fourth-order valence-corrected chi connectivity index (χ4v) is 3.72. The molecule has 1 aliphatic heterocycles. The molecule has 0 spiro atoms. The highest BCUT2D eigenvalue weighted by Gasteiger charge is 2.48. The highest BCUT2D eigenvalue weighted by molar-refractivity contribution is 6.42. The fraction of sp³-hybridized carbons (Fsp3) is 0.647. The summed E-state index contributed by atoms with van der Waals surface area (Å²) in [7, 11) is 0. The third kappa shape index (κ3) is 3.10. The van der Waals surface area contributed by atoms with E-state index in [4.69, 9.17) is 23.2 Å². The Balaban J connectivity index is 1.82. The molecule has 2 fully saturated rings. The van der Waals surface area contributed by atoms with Crippen LogP contribution in [-0.2, 0) is 6.54 Å². The molecular weight excluding hydrogens is 303 g/mol. The monoisotopic (exact) mass is 326 g/mol. The molecule has 1 saturated heterocycles. The molecule has 116 valence electrons. The molecule has 1 aromatic carbocycles. The van der Waals surface area contributed by atoms with Crippen LogP contribution in [0.3, 0.4) is 0 Å². The van der Waals surface area contributed by atoms with E-state index in [1.807, 2.05) is 12.1 Å².